The van der Waals surface area contributed by atoms with Crippen LogP contribution in [0.2, 0.25) is 0 Å². The van der Waals surface area contributed by atoms with Crippen molar-refractivity contribution in [1.29, 1.82) is 0 Å². The summed E-state index contributed by atoms with van der Waals surface area (Å²) < 4.78 is 28.9. The predicted octanol–water partition coefficient (Wildman–Crippen LogP) is 2.31. The Hall–Kier alpha value is -1.49. The SMILES string of the molecule is [O]C(F)(F)c1nc2ccccc2o1. The highest BCUT2D eigenvalue weighted by atomic mass is 19.3. The number of benzene rings is 1. The van der Waals surface area contributed by atoms with Crippen LogP contribution in [0.1, 0.15) is 5.89 Å². The van der Waals surface area contributed by atoms with Crippen molar-refractivity contribution in [3.8, 4) is 0 Å². The number of rotatable bonds is 1. The lowest BCUT2D eigenvalue weighted by Crippen LogP contribution is -2.09. The van der Waals surface area contributed by atoms with Crippen molar-refractivity contribution in [1.82, 2.24) is 4.98 Å². The molecule has 0 atom stereocenters. The molecule has 5 heteroatoms. The third-order valence-corrected chi connectivity index (χ3v) is 1.54. The Labute approximate surface area is 71.6 Å². The summed E-state index contributed by atoms with van der Waals surface area (Å²) in [5.74, 6) is -1.09. The quantitative estimate of drug-likeness (QED) is 0.682. The van der Waals surface area contributed by atoms with Crippen LogP contribution in [0, 0.1) is 0 Å². The molecule has 0 unspecified atom stereocenters. The van der Waals surface area contributed by atoms with Gasteiger partial charge in [0.1, 0.15) is 5.52 Å². The van der Waals surface area contributed by atoms with Gasteiger partial charge < -0.3 is 4.42 Å². The molecule has 0 aliphatic carbocycles. The van der Waals surface area contributed by atoms with Gasteiger partial charge in [-0.15, -0.1) is 5.11 Å². The molecule has 0 aliphatic rings. The van der Waals surface area contributed by atoms with E-state index in [9.17, 15) is 13.9 Å². The Morgan fingerprint density at radius 2 is 2.00 bits per heavy atom. The summed E-state index contributed by atoms with van der Waals surface area (Å²) >= 11 is 0. The number of alkyl halides is 2. The zero-order chi connectivity index (χ0) is 9.47. The molecule has 0 saturated heterocycles. The minimum atomic E-state index is -4.26. The maximum atomic E-state index is 12.2. The monoisotopic (exact) mass is 184 g/mol. The number of oxazole rings is 1. The van der Waals surface area contributed by atoms with E-state index in [1.807, 2.05) is 0 Å². The number of hydrogen-bond donors (Lipinski definition) is 0. The van der Waals surface area contributed by atoms with Crippen molar-refractivity contribution < 1.29 is 18.3 Å². The van der Waals surface area contributed by atoms with Crippen LogP contribution >= 0.6 is 0 Å². The molecule has 13 heavy (non-hydrogen) atoms. The molecule has 0 amide bonds. The van der Waals surface area contributed by atoms with Crippen LogP contribution in [0.4, 0.5) is 8.78 Å². The zero-order valence-corrected chi connectivity index (χ0v) is 6.33. The van der Waals surface area contributed by atoms with E-state index in [2.05, 4.69) is 9.40 Å². The molecule has 0 N–H and O–H groups in total. The van der Waals surface area contributed by atoms with Gasteiger partial charge in [-0.05, 0) is 12.1 Å². The third-order valence-electron chi connectivity index (χ3n) is 1.54. The maximum absolute atomic E-state index is 12.2. The van der Waals surface area contributed by atoms with Crippen LogP contribution in [0.25, 0.3) is 11.1 Å². The van der Waals surface area contributed by atoms with E-state index in [4.69, 9.17) is 0 Å². The Balaban J connectivity index is 2.63. The van der Waals surface area contributed by atoms with Crippen molar-refractivity contribution in [2.45, 2.75) is 6.11 Å². The summed E-state index contributed by atoms with van der Waals surface area (Å²) in [7, 11) is 0. The summed E-state index contributed by atoms with van der Waals surface area (Å²) in [6.07, 6.45) is -4.26. The van der Waals surface area contributed by atoms with E-state index < -0.39 is 12.0 Å². The highest BCUT2D eigenvalue weighted by Crippen LogP contribution is 2.27. The smallest absolute Gasteiger partial charge is 0.433 e. The second-order valence-corrected chi connectivity index (χ2v) is 2.50. The van der Waals surface area contributed by atoms with Gasteiger partial charge in [0, 0.05) is 0 Å². The summed E-state index contributed by atoms with van der Waals surface area (Å²) in [6, 6.07) is 6.20. The number of hydrogen-bond acceptors (Lipinski definition) is 2. The molecule has 2 aromatic rings. The molecule has 2 rings (SSSR count). The minimum Gasteiger partial charge on any atom is -0.433 e. The van der Waals surface area contributed by atoms with Gasteiger partial charge in [0.15, 0.2) is 5.58 Å². The Morgan fingerprint density at radius 3 is 2.62 bits per heavy atom. The first-order valence-electron chi connectivity index (χ1n) is 3.51. The fraction of sp³-hybridized carbons (Fsp3) is 0.125. The first-order valence-corrected chi connectivity index (χ1v) is 3.51. The van der Waals surface area contributed by atoms with E-state index in [0.717, 1.165) is 0 Å². The lowest BCUT2D eigenvalue weighted by molar-refractivity contribution is -0.266. The van der Waals surface area contributed by atoms with E-state index in [1.165, 1.54) is 12.1 Å². The Bertz CT molecular complexity index is 400. The van der Waals surface area contributed by atoms with Crippen LogP contribution in [0.5, 0.6) is 0 Å². The topological polar surface area (TPSA) is 45.9 Å². The molecule has 0 fully saturated rings. The summed E-state index contributed by atoms with van der Waals surface area (Å²) in [6.45, 7) is 0. The van der Waals surface area contributed by atoms with Gasteiger partial charge >= 0.3 is 12.0 Å². The highest BCUT2D eigenvalue weighted by Gasteiger charge is 2.36. The molecule has 0 bridgehead atoms. The van der Waals surface area contributed by atoms with Crippen molar-refractivity contribution in [3.05, 3.63) is 30.2 Å². The van der Waals surface area contributed by atoms with E-state index in [1.54, 1.807) is 12.1 Å². The van der Waals surface area contributed by atoms with Gasteiger partial charge in [0.25, 0.3) is 0 Å². The average molecular weight is 184 g/mol. The summed E-state index contributed by atoms with van der Waals surface area (Å²) in [5.41, 5.74) is 0.445. The second-order valence-electron chi connectivity index (χ2n) is 2.50. The van der Waals surface area contributed by atoms with Gasteiger partial charge in [0.05, 0.1) is 0 Å². The Morgan fingerprint density at radius 1 is 1.31 bits per heavy atom. The standard InChI is InChI=1S/C8H4F2NO2/c9-8(10,12)7-11-5-3-1-2-4-6(5)13-7/h1-4H. The third kappa shape index (κ3) is 1.38. The van der Waals surface area contributed by atoms with Gasteiger partial charge in [-0.1, -0.05) is 12.1 Å². The lowest BCUT2D eigenvalue weighted by Gasteiger charge is -1.97. The predicted molar refractivity (Wildman–Crippen MR) is 38.6 cm³/mol. The van der Waals surface area contributed by atoms with E-state index in [-0.39, 0.29) is 11.1 Å². The van der Waals surface area contributed by atoms with Gasteiger partial charge in [-0.2, -0.15) is 8.78 Å². The molecule has 1 aromatic carbocycles. The molecule has 1 heterocycles. The number of halogens is 2. The van der Waals surface area contributed by atoms with E-state index >= 15 is 0 Å². The fourth-order valence-corrected chi connectivity index (χ4v) is 0.997. The number of fused-ring (bicyclic) bond motifs is 1. The van der Waals surface area contributed by atoms with Crippen LogP contribution in [0.3, 0.4) is 0 Å². The largest absolute Gasteiger partial charge is 0.460 e. The maximum Gasteiger partial charge on any atom is 0.460 e. The molecule has 0 saturated carbocycles. The summed E-state index contributed by atoms with van der Waals surface area (Å²) in [5, 5.41) is 10.2. The number of nitrogens with zero attached hydrogens (tertiary/aromatic N) is 1. The molecule has 67 valence electrons. The average Bonchev–Trinajstić information content (AvgIpc) is 2.45. The molecule has 1 aromatic heterocycles. The van der Waals surface area contributed by atoms with Gasteiger partial charge in [-0.3, -0.25) is 0 Å². The normalized spacial score (nSPS) is 12.2. The number of aromatic nitrogens is 1. The van der Waals surface area contributed by atoms with Crippen LogP contribution in [-0.4, -0.2) is 4.98 Å². The summed E-state index contributed by atoms with van der Waals surface area (Å²) in [4.78, 5) is 3.35. The van der Waals surface area contributed by atoms with Crippen molar-refractivity contribution in [2.24, 2.45) is 0 Å². The van der Waals surface area contributed by atoms with Gasteiger partial charge in [-0.25, -0.2) is 4.98 Å². The minimum absolute atomic E-state index is 0.188. The highest BCUT2D eigenvalue weighted by molar-refractivity contribution is 5.72. The molecular weight excluding hydrogens is 180 g/mol. The van der Waals surface area contributed by atoms with Crippen molar-refractivity contribution >= 4 is 11.1 Å². The number of para-hydroxylation sites is 2. The first kappa shape index (κ1) is 8.12. The van der Waals surface area contributed by atoms with Gasteiger partial charge in [0.2, 0.25) is 0 Å². The zero-order valence-electron chi connectivity index (χ0n) is 6.33. The van der Waals surface area contributed by atoms with Crippen molar-refractivity contribution in [3.63, 3.8) is 0 Å². The van der Waals surface area contributed by atoms with Crippen molar-refractivity contribution in [2.75, 3.05) is 0 Å². The van der Waals surface area contributed by atoms with Crippen LogP contribution in [0.15, 0.2) is 28.7 Å². The fourth-order valence-electron chi connectivity index (χ4n) is 0.997. The van der Waals surface area contributed by atoms with Crippen LogP contribution in [-0.2, 0) is 11.2 Å². The molecule has 1 radical (unpaired) electrons. The molecule has 0 spiro atoms. The Kier molecular flexibility index (Phi) is 1.56. The molecule has 3 nitrogen and oxygen atoms in total. The molecular formula is C8H4F2NO2. The molecule has 0 aliphatic heterocycles. The first-order chi connectivity index (χ1) is 6.07. The second kappa shape index (κ2) is 2.50. The van der Waals surface area contributed by atoms with E-state index in [0.29, 0.717) is 0 Å². The van der Waals surface area contributed by atoms with Crippen LogP contribution < -0.4 is 0 Å². The lowest BCUT2D eigenvalue weighted by atomic mass is 10.3.